The number of piperazine rings is 1. The second-order valence-corrected chi connectivity index (χ2v) is 9.49. The molecular weight excluding hydrogens is 284 g/mol. The average molecular weight is 317 g/mol. The predicted molar refractivity (Wildman–Crippen MR) is 88.3 cm³/mol. The molecule has 0 saturated carbocycles. The average Bonchev–Trinajstić information content (AvgIpc) is 2.45. The molecule has 124 valence electrons. The van der Waals surface area contributed by atoms with Crippen LogP contribution in [0.5, 0.6) is 0 Å². The maximum Gasteiger partial charge on any atom is 0.151 e. The van der Waals surface area contributed by atoms with E-state index < -0.39 is 9.84 Å². The SMILES string of the molecule is CCC1(CC)CN(C2CCCS(=O)(=O)C2)C(C(C)C)CN1. The highest BCUT2D eigenvalue weighted by Crippen LogP contribution is 2.30. The van der Waals surface area contributed by atoms with Gasteiger partial charge in [-0.1, -0.05) is 27.7 Å². The standard InChI is InChI=1S/C16H32N2O2S/c1-5-16(6-2)12-18(15(10-17-16)13(3)4)14-8-7-9-21(19,20)11-14/h13-15,17H,5-12H2,1-4H3. The van der Waals surface area contributed by atoms with Crippen LogP contribution in [0.15, 0.2) is 0 Å². The molecule has 2 saturated heterocycles. The van der Waals surface area contributed by atoms with Gasteiger partial charge in [0.1, 0.15) is 0 Å². The highest BCUT2D eigenvalue weighted by atomic mass is 32.2. The summed E-state index contributed by atoms with van der Waals surface area (Å²) in [6.07, 6.45) is 4.06. The molecule has 2 rings (SSSR count). The molecule has 2 aliphatic rings. The Bertz CT molecular complexity index is 443. The van der Waals surface area contributed by atoms with Crippen molar-refractivity contribution in [3.8, 4) is 0 Å². The third kappa shape index (κ3) is 3.80. The van der Waals surface area contributed by atoms with Gasteiger partial charge in [0.15, 0.2) is 9.84 Å². The normalized spacial score (nSPS) is 33.2. The smallest absolute Gasteiger partial charge is 0.151 e. The van der Waals surface area contributed by atoms with Gasteiger partial charge < -0.3 is 5.32 Å². The molecular formula is C16H32N2O2S. The lowest BCUT2D eigenvalue weighted by Gasteiger charge is -2.52. The number of nitrogens with zero attached hydrogens (tertiary/aromatic N) is 1. The summed E-state index contributed by atoms with van der Waals surface area (Å²) < 4.78 is 24.1. The Hall–Kier alpha value is -0.130. The highest BCUT2D eigenvalue weighted by molar-refractivity contribution is 7.91. The van der Waals surface area contributed by atoms with Crippen molar-refractivity contribution in [2.24, 2.45) is 5.92 Å². The Labute approximate surface area is 130 Å². The van der Waals surface area contributed by atoms with Crippen LogP contribution in [0.25, 0.3) is 0 Å². The lowest BCUT2D eigenvalue weighted by Crippen LogP contribution is -2.68. The van der Waals surface area contributed by atoms with E-state index in [0.717, 1.165) is 38.8 Å². The fourth-order valence-corrected chi connectivity index (χ4v) is 5.68. The van der Waals surface area contributed by atoms with Gasteiger partial charge in [0.05, 0.1) is 11.5 Å². The Balaban J connectivity index is 2.21. The maximum atomic E-state index is 12.0. The first-order valence-electron chi connectivity index (χ1n) is 8.53. The van der Waals surface area contributed by atoms with Crippen molar-refractivity contribution in [1.82, 2.24) is 10.2 Å². The van der Waals surface area contributed by atoms with E-state index >= 15 is 0 Å². The second kappa shape index (κ2) is 6.55. The Morgan fingerprint density at radius 1 is 1.29 bits per heavy atom. The van der Waals surface area contributed by atoms with Gasteiger partial charge in [-0.15, -0.1) is 0 Å². The zero-order valence-electron chi connectivity index (χ0n) is 14.1. The van der Waals surface area contributed by atoms with Crippen LogP contribution in [0.3, 0.4) is 0 Å². The Morgan fingerprint density at radius 3 is 2.48 bits per heavy atom. The minimum absolute atomic E-state index is 0.159. The molecule has 2 aliphatic heterocycles. The van der Waals surface area contributed by atoms with Gasteiger partial charge in [0.25, 0.3) is 0 Å². The molecule has 0 aliphatic carbocycles. The van der Waals surface area contributed by atoms with Crippen molar-refractivity contribution in [1.29, 1.82) is 0 Å². The molecule has 5 heteroatoms. The summed E-state index contributed by atoms with van der Waals surface area (Å²) >= 11 is 0. The molecule has 0 radical (unpaired) electrons. The number of hydrogen-bond donors (Lipinski definition) is 1. The molecule has 21 heavy (non-hydrogen) atoms. The van der Waals surface area contributed by atoms with E-state index in [2.05, 4.69) is 37.9 Å². The highest BCUT2D eigenvalue weighted by Gasteiger charge is 2.42. The molecule has 0 spiro atoms. The van der Waals surface area contributed by atoms with Crippen LogP contribution >= 0.6 is 0 Å². The topological polar surface area (TPSA) is 49.4 Å². The van der Waals surface area contributed by atoms with Gasteiger partial charge in [-0.2, -0.15) is 0 Å². The van der Waals surface area contributed by atoms with E-state index in [1.165, 1.54) is 0 Å². The van der Waals surface area contributed by atoms with Crippen molar-refractivity contribution in [2.45, 2.75) is 71.0 Å². The van der Waals surface area contributed by atoms with Gasteiger partial charge in [-0.3, -0.25) is 4.90 Å². The number of rotatable bonds is 4. The first-order valence-corrected chi connectivity index (χ1v) is 10.4. The van der Waals surface area contributed by atoms with Crippen molar-refractivity contribution < 1.29 is 8.42 Å². The summed E-state index contributed by atoms with van der Waals surface area (Å²) in [6.45, 7) is 11.0. The van der Waals surface area contributed by atoms with Gasteiger partial charge in [0.2, 0.25) is 0 Å². The summed E-state index contributed by atoms with van der Waals surface area (Å²) in [4.78, 5) is 2.53. The summed E-state index contributed by atoms with van der Waals surface area (Å²) in [5.74, 6) is 1.29. The Kier molecular flexibility index (Phi) is 5.37. The van der Waals surface area contributed by atoms with Gasteiger partial charge in [-0.05, 0) is 31.6 Å². The van der Waals surface area contributed by atoms with E-state index in [9.17, 15) is 8.42 Å². The largest absolute Gasteiger partial charge is 0.308 e. The summed E-state index contributed by atoms with van der Waals surface area (Å²) in [6, 6.07) is 0.672. The van der Waals surface area contributed by atoms with Crippen LogP contribution in [-0.2, 0) is 9.84 Å². The van der Waals surface area contributed by atoms with E-state index in [1.807, 2.05) is 0 Å². The molecule has 2 unspecified atom stereocenters. The fourth-order valence-electron chi connectivity index (χ4n) is 3.96. The van der Waals surface area contributed by atoms with E-state index in [-0.39, 0.29) is 11.6 Å². The molecule has 2 fully saturated rings. The zero-order chi connectivity index (χ0) is 15.7. The van der Waals surface area contributed by atoms with Crippen LogP contribution < -0.4 is 5.32 Å². The zero-order valence-corrected chi connectivity index (χ0v) is 14.9. The van der Waals surface area contributed by atoms with Gasteiger partial charge in [-0.25, -0.2) is 8.42 Å². The van der Waals surface area contributed by atoms with E-state index in [1.54, 1.807) is 0 Å². The molecule has 0 aromatic rings. The number of nitrogens with one attached hydrogen (secondary N) is 1. The fraction of sp³-hybridized carbons (Fsp3) is 1.00. The maximum absolute atomic E-state index is 12.0. The third-order valence-corrected chi connectivity index (χ3v) is 7.43. The molecule has 0 bridgehead atoms. The van der Waals surface area contributed by atoms with Crippen LogP contribution in [0.2, 0.25) is 0 Å². The molecule has 0 amide bonds. The summed E-state index contributed by atoms with van der Waals surface area (Å²) in [5.41, 5.74) is 0.159. The van der Waals surface area contributed by atoms with Gasteiger partial charge >= 0.3 is 0 Å². The summed E-state index contributed by atoms with van der Waals surface area (Å²) in [7, 11) is -2.84. The molecule has 2 atom stereocenters. The van der Waals surface area contributed by atoms with Crippen molar-refractivity contribution in [3.05, 3.63) is 0 Å². The molecule has 2 heterocycles. The Morgan fingerprint density at radius 2 is 1.95 bits per heavy atom. The predicted octanol–water partition coefficient (Wildman–Crippen LogP) is 2.05. The lowest BCUT2D eigenvalue weighted by molar-refractivity contribution is 0.0193. The quantitative estimate of drug-likeness (QED) is 0.862. The number of hydrogen-bond acceptors (Lipinski definition) is 4. The van der Waals surface area contributed by atoms with Crippen molar-refractivity contribution in [2.75, 3.05) is 24.6 Å². The van der Waals surface area contributed by atoms with Gasteiger partial charge in [0, 0.05) is 30.7 Å². The van der Waals surface area contributed by atoms with E-state index in [4.69, 9.17) is 0 Å². The second-order valence-electron chi connectivity index (χ2n) is 7.26. The first-order chi connectivity index (χ1) is 9.82. The lowest BCUT2D eigenvalue weighted by atomic mass is 9.85. The van der Waals surface area contributed by atoms with Crippen LogP contribution in [0, 0.1) is 5.92 Å². The molecule has 0 aromatic carbocycles. The van der Waals surface area contributed by atoms with E-state index in [0.29, 0.717) is 23.5 Å². The third-order valence-electron chi connectivity index (χ3n) is 5.63. The van der Waals surface area contributed by atoms with Crippen LogP contribution in [-0.4, -0.2) is 55.5 Å². The minimum atomic E-state index is -2.84. The van der Waals surface area contributed by atoms with Crippen LogP contribution in [0.4, 0.5) is 0 Å². The molecule has 1 N–H and O–H groups in total. The van der Waals surface area contributed by atoms with Crippen molar-refractivity contribution >= 4 is 9.84 Å². The molecule has 0 aromatic heterocycles. The summed E-state index contributed by atoms with van der Waals surface area (Å²) in [5, 5.41) is 3.76. The first kappa shape index (κ1) is 17.2. The minimum Gasteiger partial charge on any atom is -0.308 e. The van der Waals surface area contributed by atoms with Crippen molar-refractivity contribution in [3.63, 3.8) is 0 Å². The number of sulfone groups is 1. The monoisotopic (exact) mass is 316 g/mol. The van der Waals surface area contributed by atoms with Crippen LogP contribution in [0.1, 0.15) is 53.4 Å². The molecule has 4 nitrogen and oxygen atoms in total.